The molecule has 0 spiro atoms. The Bertz CT molecular complexity index is 976. The van der Waals surface area contributed by atoms with E-state index < -0.39 is 10.0 Å². The van der Waals surface area contributed by atoms with Crippen LogP contribution >= 0.6 is 11.6 Å². The molecule has 1 N–H and O–H groups in total. The summed E-state index contributed by atoms with van der Waals surface area (Å²) in [6.07, 6.45) is 1.51. The van der Waals surface area contributed by atoms with Gasteiger partial charge >= 0.3 is 0 Å². The Kier molecular flexibility index (Phi) is 5.62. The van der Waals surface area contributed by atoms with E-state index in [1.165, 1.54) is 11.4 Å². The van der Waals surface area contributed by atoms with Crippen molar-refractivity contribution >= 4 is 38.9 Å². The van der Waals surface area contributed by atoms with Crippen LogP contribution in [0.1, 0.15) is 28.8 Å². The molecule has 1 aliphatic heterocycles. The van der Waals surface area contributed by atoms with E-state index in [1.807, 2.05) is 0 Å². The zero-order valence-corrected chi connectivity index (χ0v) is 16.7. The van der Waals surface area contributed by atoms with E-state index in [4.69, 9.17) is 16.3 Å². The minimum Gasteiger partial charge on any atom is -0.495 e. The normalized spacial score (nSPS) is 16.0. The van der Waals surface area contributed by atoms with Crippen LogP contribution in [0.15, 0.2) is 36.4 Å². The molecule has 27 heavy (non-hydrogen) atoms. The summed E-state index contributed by atoms with van der Waals surface area (Å²) in [4.78, 5) is 12.6. The van der Waals surface area contributed by atoms with Crippen molar-refractivity contribution in [3.63, 3.8) is 0 Å². The molecule has 2 aromatic carbocycles. The largest absolute Gasteiger partial charge is 0.495 e. The quantitative estimate of drug-likeness (QED) is 0.833. The van der Waals surface area contributed by atoms with E-state index in [0.717, 1.165) is 12.0 Å². The maximum Gasteiger partial charge on any atom is 0.255 e. The molecule has 1 amide bonds. The summed E-state index contributed by atoms with van der Waals surface area (Å²) in [7, 11) is -1.78. The van der Waals surface area contributed by atoms with Gasteiger partial charge in [-0.3, -0.25) is 9.10 Å². The summed E-state index contributed by atoms with van der Waals surface area (Å²) in [5, 5.41) is 3.26. The Morgan fingerprint density at radius 3 is 2.63 bits per heavy atom. The minimum absolute atomic E-state index is 0.156. The first-order valence-corrected chi connectivity index (χ1v) is 10.6. The van der Waals surface area contributed by atoms with E-state index in [1.54, 1.807) is 43.3 Å². The average molecular weight is 409 g/mol. The van der Waals surface area contributed by atoms with Crippen molar-refractivity contribution in [3.05, 3.63) is 52.5 Å². The Balaban J connectivity index is 1.85. The van der Waals surface area contributed by atoms with Gasteiger partial charge in [0.05, 0.1) is 24.2 Å². The molecule has 0 unspecified atom stereocenters. The molecule has 8 heteroatoms. The van der Waals surface area contributed by atoms with Gasteiger partial charge in [0.2, 0.25) is 10.0 Å². The van der Waals surface area contributed by atoms with Crippen LogP contribution in [0.2, 0.25) is 5.02 Å². The Morgan fingerprint density at radius 1 is 1.19 bits per heavy atom. The third kappa shape index (κ3) is 4.20. The summed E-state index contributed by atoms with van der Waals surface area (Å²) >= 11 is 5.99. The van der Waals surface area contributed by atoms with Gasteiger partial charge in [-0.25, -0.2) is 8.42 Å². The van der Waals surface area contributed by atoms with Crippen molar-refractivity contribution in [1.82, 2.24) is 0 Å². The summed E-state index contributed by atoms with van der Waals surface area (Å²) in [6.45, 7) is 2.27. The number of nitrogens with zero attached hydrogens (tertiary/aromatic N) is 1. The number of hydrogen-bond acceptors (Lipinski definition) is 4. The number of sulfonamides is 1. The fraction of sp³-hybridized carbons (Fsp3) is 0.316. The van der Waals surface area contributed by atoms with Crippen LogP contribution in [0.5, 0.6) is 5.75 Å². The van der Waals surface area contributed by atoms with Crippen LogP contribution in [0.25, 0.3) is 0 Å². The maximum absolute atomic E-state index is 12.6. The van der Waals surface area contributed by atoms with Crippen LogP contribution in [0.3, 0.4) is 0 Å². The molecule has 1 aliphatic rings. The number of aryl methyl sites for hydroxylation is 1. The highest BCUT2D eigenvalue weighted by molar-refractivity contribution is 7.92. The first kappa shape index (κ1) is 19.5. The maximum atomic E-state index is 12.6. The smallest absolute Gasteiger partial charge is 0.255 e. The Hall–Kier alpha value is -2.25. The average Bonchev–Trinajstić information content (AvgIpc) is 2.62. The predicted octanol–water partition coefficient (Wildman–Crippen LogP) is 3.84. The third-order valence-corrected chi connectivity index (χ3v) is 6.58. The molecule has 2 aromatic rings. The molecule has 3 rings (SSSR count). The second-order valence-corrected chi connectivity index (χ2v) is 8.84. The number of ether oxygens (including phenoxy) is 1. The van der Waals surface area contributed by atoms with Crippen molar-refractivity contribution in [3.8, 4) is 5.75 Å². The highest BCUT2D eigenvalue weighted by Crippen LogP contribution is 2.30. The Labute approximate surface area is 164 Å². The second-order valence-electron chi connectivity index (χ2n) is 6.40. The van der Waals surface area contributed by atoms with Gasteiger partial charge in [0, 0.05) is 17.1 Å². The number of amides is 1. The first-order chi connectivity index (χ1) is 12.8. The van der Waals surface area contributed by atoms with E-state index in [2.05, 4.69) is 5.32 Å². The molecule has 0 aliphatic carbocycles. The number of carbonyl (C=O) groups excluding carboxylic acids is 1. The third-order valence-electron chi connectivity index (χ3n) is 4.49. The topological polar surface area (TPSA) is 75.7 Å². The lowest BCUT2D eigenvalue weighted by Crippen LogP contribution is -2.38. The molecule has 0 bridgehead atoms. The lowest BCUT2D eigenvalue weighted by atomic mass is 10.1. The van der Waals surface area contributed by atoms with Gasteiger partial charge in [0.15, 0.2) is 0 Å². The molecule has 1 saturated heterocycles. The standard InChI is InChI=1S/C19H21ClN2O4S/c1-13-11-14(5-7-17(13)22-9-3-4-10-27(22,24)25)19(23)21-16-12-15(20)6-8-18(16)26-2/h5-8,11-12H,3-4,9-10H2,1-2H3,(H,21,23). The molecule has 1 heterocycles. The molecular weight excluding hydrogens is 388 g/mol. The molecule has 144 valence electrons. The van der Waals surface area contributed by atoms with Crippen LogP contribution in [-0.2, 0) is 10.0 Å². The van der Waals surface area contributed by atoms with Gasteiger partial charge in [0.25, 0.3) is 5.91 Å². The molecule has 0 aromatic heterocycles. The molecule has 0 saturated carbocycles. The van der Waals surface area contributed by atoms with Crippen molar-refractivity contribution in [2.24, 2.45) is 0 Å². The van der Waals surface area contributed by atoms with Crippen molar-refractivity contribution < 1.29 is 17.9 Å². The number of anilines is 2. The summed E-state index contributed by atoms with van der Waals surface area (Å²) in [6, 6.07) is 9.95. The number of nitrogens with one attached hydrogen (secondary N) is 1. The van der Waals surface area contributed by atoms with E-state index >= 15 is 0 Å². The van der Waals surface area contributed by atoms with Crippen LogP contribution < -0.4 is 14.4 Å². The van der Waals surface area contributed by atoms with E-state index in [0.29, 0.717) is 40.7 Å². The lowest BCUT2D eigenvalue weighted by molar-refractivity contribution is 0.102. The van der Waals surface area contributed by atoms with Crippen molar-refractivity contribution in [1.29, 1.82) is 0 Å². The predicted molar refractivity (Wildman–Crippen MR) is 108 cm³/mol. The lowest BCUT2D eigenvalue weighted by Gasteiger charge is -2.29. The number of methoxy groups -OCH3 is 1. The first-order valence-electron chi connectivity index (χ1n) is 8.58. The van der Waals surface area contributed by atoms with Crippen molar-refractivity contribution in [2.45, 2.75) is 19.8 Å². The SMILES string of the molecule is COc1ccc(Cl)cc1NC(=O)c1ccc(N2CCCCS2(=O)=O)c(C)c1. The fourth-order valence-corrected chi connectivity index (χ4v) is 4.98. The number of halogens is 1. The molecule has 1 fully saturated rings. The zero-order valence-electron chi connectivity index (χ0n) is 15.2. The van der Waals surface area contributed by atoms with Gasteiger partial charge in [0.1, 0.15) is 5.75 Å². The van der Waals surface area contributed by atoms with Crippen LogP contribution in [0.4, 0.5) is 11.4 Å². The van der Waals surface area contributed by atoms with Gasteiger partial charge in [-0.1, -0.05) is 11.6 Å². The summed E-state index contributed by atoms with van der Waals surface area (Å²) < 4.78 is 31.3. The number of carbonyl (C=O) groups is 1. The van der Waals surface area contributed by atoms with Crippen LogP contribution in [0, 0.1) is 6.92 Å². The summed E-state index contributed by atoms with van der Waals surface area (Å²) in [5.41, 5.74) is 2.24. The zero-order chi connectivity index (χ0) is 19.6. The van der Waals surface area contributed by atoms with E-state index in [-0.39, 0.29) is 11.7 Å². The molecule has 0 radical (unpaired) electrons. The Morgan fingerprint density at radius 2 is 1.96 bits per heavy atom. The number of rotatable bonds is 4. The minimum atomic E-state index is -3.29. The van der Waals surface area contributed by atoms with Gasteiger partial charge < -0.3 is 10.1 Å². The molecular formula is C19H21ClN2O4S. The van der Waals surface area contributed by atoms with Crippen LogP contribution in [-0.4, -0.2) is 33.7 Å². The molecule has 0 atom stereocenters. The van der Waals surface area contributed by atoms with Crippen molar-refractivity contribution in [2.75, 3.05) is 29.0 Å². The monoisotopic (exact) mass is 408 g/mol. The van der Waals surface area contributed by atoms with E-state index in [9.17, 15) is 13.2 Å². The second kappa shape index (κ2) is 7.78. The highest BCUT2D eigenvalue weighted by atomic mass is 35.5. The van der Waals surface area contributed by atoms with Gasteiger partial charge in [-0.15, -0.1) is 0 Å². The number of benzene rings is 2. The highest BCUT2D eigenvalue weighted by Gasteiger charge is 2.27. The molecule has 6 nitrogen and oxygen atoms in total. The number of hydrogen-bond donors (Lipinski definition) is 1. The van der Waals surface area contributed by atoms with Gasteiger partial charge in [-0.2, -0.15) is 0 Å². The van der Waals surface area contributed by atoms with Gasteiger partial charge in [-0.05, 0) is 61.7 Å². The fourth-order valence-electron chi connectivity index (χ4n) is 3.11. The summed E-state index contributed by atoms with van der Waals surface area (Å²) in [5.74, 6) is 0.329.